The summed E-state index contributed by atoms with van der Waals surface area (Å²) >= 11 is 0. The molecule has 1 aliphatic heterocycles. The van der Waals surface area contributed by atoms with Crippen LogP contribution in [0.5, 0.6) is 0 Å². The van der Waals surface area contributed by atoms with Gasteiger partial charge in [0, 0.05) is 17.8 Å². The van der Waals surface area contributed by atoms with E-state index in [9.17, 15) is 4.79 Å². The van der Waals surface area contributed by atoms with Crippen LogP contribution < -0.4 is 10.6 Å². The number of fused-ring (bicyclic) bond motifs is 1. The highest BCUT2D eigenvalue weighted by molar-refractivity contribution is 5.91. The van der Waals surface area contributed by atoms with Gasteiger partial charge in [-0.2, -0.15) is 0 Å². The predicted octanol–water partition coefficient (Wildman–Crippen LogP) is 1.12. The zero-order chi connectivity index (χ0) is 7.68. The average Bonchev–Trinajstić information content (AvgIpc) is 2.04. The molecule has 2 rings (SSSR count). The summed E-state index contributed by atoms with van der Waals surface area (Å²) in [5, 5.41) is 5.34. The molecule has 1 aliphatic rings. The third kappa shape index (κ3) is 1.05. The summed E-state index contributed by atoms with van der Waals surface area (Å²) in [6.07, 6.45) is 0. The van der Waals surface area contributed by atoms with E-state index in [1.54, 1.807) is 0 Å². The summed E-state index contributed by atoms with van der Waals surface area (Å²) < 4.78 is 0. The SMILES string of the molecule is O=C1NCc2[c]cccc2N1. The lowest BCUT2D eigenvalue weighted by Crippen LogP contribution is -2.33. The van der Waals surface area contributed by atoms with Gasteiger partial charge in [-0.1, -0.05) is 12.1 Å². The molecular formula is C8H7N2O. The van der Waals surface area contributed by atoms with Crippen LogP contribution in [0.15, 0.2) is 18.2 Å². The number of hydrogen-bond donors (Lipinski definition) is 2. The maximum absolute atomic E-state index is 10.8. The molecule has 55 valence electrons. The number of amides is 2. The molecule has 1 heterocycles. The third-order valence-corrected chi connectivity index (χ3v) is 1.62. The summed E-state index contributed by atoms with van der Waals surface area (Å²) in [7, 11) is 0. The molecule has 1 aromatic carbocycles. The van der Waals surface area contributed by atoms with E-state index in [-0.39, 0.29) is 6.03 Å². The topological polar surface area (TPSA) is 41.1 Å². The second kappa shape index (κ2) is 2.27. The Kier molecular flexibility index (Phi) is 1.28. The first-order chi connectivity index (χ1) is 5.36. The molecule has 0 saturated carbocycles. The molecule has 0 aliphatic carbocycles. The van der Waals surface area contributed by atoms with Crippen molar-refractivity contribution >= 4 is 11.7 Å². The van der Waals surface area contributed by atoms with Gasteiger partial charge in [0.1, 0.15) is 0 Å². The molecular weight excluding hydrogens is 140 g/mol. The zero-order valence-corrected chi connectivity index (χ0v) is 5.85. The second-order valence-electron chi connectivity index (χ2n) is 2.37. The van der Waals surface area contributed by atoms with Crippen molar-refractivity contribution in [2.45, 2.75) is 6.54 Å². The fourth-order valence-corrected chi connectivity index (χ4v) is 1.07. The first-order valence-corrected chi connectivity index (χ1v) is 3.41. The number of rotatable bonds is 0. The average molecular weight is 147 g/mol. The van der Waals surface area contributed by atoms with Crippen LogP contribution in [0.4, 0.5) is 10.5 Å². The standard InChI is InChI=1S/C8H7N2O/c11-8-9-5-6-3-1-2-4-7(6)10-8/h1-2,4H,5H2,(H2,9,10,11). The fraction of sp³-hybridized carbons (Fsp3) is 0.125. The fourth-order valence-electron chi connectivity index (χ4n) is 1.07. The van der Waals surface area contributed by atoms with Gasteiger partial charge in [-0.25, -0.2) is 4.79 Å². The normalized spacial score (nSPS) is 14.7. The predicted molar refractivity (Wildman–Crippen MR) is 41.1 cm³/mol. The minimum atomic E-state index is -0.142. The maximum Gasteiger partial charge on any atom is 0.319 e. The number of benzene rings is 1. The number of anilines is 1. The molecule has 0 fully saturated rings. The zero-order valence-electron chi connectivity index (χ0n) is 5.85. The highest BCUT2D eigenvalue weighted by Crippen LogP contribution is 2.16. The Morgan fingerprint density at radius 3 is 3.36 bits per heavy atom. The molecule has 11 heavy (non-hydrogen) atoms. The second-order valence-corrected chi connectivity index (χ2v) is 2.37. The maximum atomic E-state index is 10.8. The summed E-state index contributed by atoms with van der Waals surface area (Å²) in [6.45, 7) is 0.571. The highest BCUT2D eigenvalue weighted by Gasteiger charge is 2.11. The summed E-state index contributed by atoms with van der Waals surface area (Å²) in [6, 6.07) is 8.44. The molecule has 3 heteroatoms. The van der Waals surface area contributed by atoms with Crippen LogP contribution in [-0.2, 0) is 6.54 Å². The molecule has 0 spiro atoms. The Balaban J connectivity index is 2.41. The van der Waals surface area contributed by atoms with E-state index >= 15 is 0 Å². The van der Waals surface area contributed by atoms with Crippen molar-refractivity contribution in [1.82, 2.24) is 5.32 Å². The van der Waals surface area contributed by atoms with Crippen molar-refractivity contribution in [2.24, 2.45) is 0 Å². The van der Waals surface area contributed by atoms with Gasteiger partial charge in [0.2, 0.25) is 0 Å². The van der Waals surface area contributed by atoms with E-state index in [0.29, 0.717) is 6.54 Å². The largest absolute Gasteiger partial charge is 0.334 e. The quantitative estimate of drug-likeness (QED) is 0.567. The Bertz CT molecular complexity index is 296. The van der Waals surface area contributed by atoms with E-state index in [2.05, 4.69) is 16.7 Å². The number of carbonyl (C=O) groups is 1. The molecule has 0 saturated heterocycles. The van der Waals surface area contributed by atoms with Gasteiger partial charge in [0.25, 0.3) is 0 Å². The monoisotopic (exact) mass is 147 g/mol. The summed E-state index contributed by atoms with van der Waals surface area (Å²) in [4.78, 5) is 10.8. The molecule has 0 bridgehead atoms. The van der Waals surface area contributed by atoms with Crippen molar-refractivity contribution in [2.75, 3.05) is 5.32 Å². The molecule has 0 atom stereocenters. The number of carbonyl (C=O) groups excluding carboxylic acids is 1. The van der Waals surface area contributed by atoms with Crippen LogP contribution >= 0.6 is 0 Å². The Hall–Kier alpha value is -1.51. The van der Waals surface area contributed by atoms with E-state index < -0.39 is 0 Å². The summed E-state index contributed by atoms with van der Waals surface area (Å²) in [5.74, 6) is 0. The first-order valence-electron chi connectivity index (χ1n) is 3.41. The Morgan fingerprint density at radius 2 is 2.45 bits per heavy atom. The van der Waals surface area contributed by atoms with Crippen LogP contribution in [0.2, 0.25) is 0 Å². The molecule has 2 amide bonds. The van der Waals surface area contributed by atoms with E-state index in [4.69, 9.17) is 0 Å². The van der Waals surface area contributed by atoms with Gasteiger partial charge < -0.3 is 10.6 Å². The Labute approximate surface area is 64.4 Å². The van der Waals surface area contributed by atoms with Crippen molar-refractivity contribution in [1.29, 1.82) is 0 Å². The molecule has 0 aromatic heterocycles. The number of hydrogen-bond acceptors (Lipinski definition) is 1. The molecule has 3 nitrogen and oxygen atoms in total. The van der Waals surface area contributed by atoms with Gasteiger partial charge in [0.05, 0.1) is 0 Å². The highest BCUT2D eigenvalue weighted by atomic mass is 16.2. The van der Waals surface area contributed by atoms with Gasteiger partial charge in [-0.3, -0.25) is 0 Å². The van der Waals surface area contributed by atoms with Crippen LogP contribution in [0.3, 0.4) is 0 Å². The Morgan fingerprint density at radius 1 is 1.55 bits per heavy atom. The molecule has 0 unspecified atom stereocenters. The van der Waals surface area contributed by atoms with Crippen molar-refractivity contribution in [3.63, 3.8) is 0 Å². The minimum absolute atomic E-state index is 0.142. The molecule has 1 aromatic rings. The lowest BCUT2D eigenvalue weighted by Gasteiger charge is -2.16. The molecule has 2 N–H and O–H groups in total. The number of urea groups is 1. The van der Waals surface area contributed by atoms with Crippen LogP contribution in [0.25, 0.3) is 0 Å². The van der Waals surface area contributed by atoms with Gasteiger partial charge in [0.15, 0.2) is 0 Å². The van der Waals surface area contributed by atoms with E-state index in [0.717, 1.165) is 11.3 Å². The van der Waals surface area contributed by atoms with Gasteiger partial charge >= 0.3 is 6.03 Å². The van der Waals surface area contributed by atoms with Crippen LogP contribution in [0.1, 0.15) is 5.56 Å². The van der Waals surface area contributed by atoms with Crippen molar-refractivity contribution < 1.29 is 4.79 Å². The first kappa shape index (κ1) is 6.22. The number of nitrogens with one attached hydrogen (secondary N) is 2. The van der Waals surface area contributed by atoms with E-state index in [1.807, 2.05) is 18.2 Å². The lowest BCUT2D eigenvalue weighted by molar-refractivity contribution is 0.251. The van der Waals surface area contributed by atoms with E-state index in [1.165, 1.54) is 0 Å². The smallest absolute Gasteiger partial charge is 0.319 e. The minimum Gasteiger partial charge on any atom is -0.334 e. The van der Waals surface area contributed by atoms with Gasteiger partial charge in [-0.15, -0.1) is 0 Å². The van der Waals surface area contributed by atoms with Crippen LogP contribution in [-0.4, -0.2) is 6.03 Å². The summed E-state index contributed by atoms with van der Waals surface area (Å²) in [5.41, 5.74) is 1.86. The molecule has 1 radical (unpaired) electrons. The van der Waals surface area contributed by atoms with Gasteiger partial charge in [-0.05, 0) is 12.1 Å². The van der Waals surface area contributed by atoms with Crippen molar-refractivity contribution in [3.8, 4) is 0 Å². The lowest BCUT2D eigenvalue weighted by atomic mass is 10.1. The third-order valence-electron chi connectivity index (χ3n) is 1.62. The van der Waals surface area contributed by atoms with Crippen LogP contribution in [0, 0.1) is 6.07 Å². The van der Waals surface area contributed by atoms with Crippen molar-refractivity contribution in [3.05, 3.63) is 29.8 Å².